The molecule has 7 nitrogen and oxygen atoms in total. The van der Waals surface area contributed by atoms with Crippen molar-refractivity contribution >= 4 is 7.82 Å². The first kappa shape index (κ1) is 29.3. The van der Waals surface area contributed by atoms with Gasteiger partial charge in [0.1, 0.15) is 5.82 Å². The molecule has 4 bridgehead atoms. The van der Waals surface area contributed by atoms with E-state index in [0.29, 0.717) is 17.9 Å². The van der Waals surface area contributed by atoms with Gasteiger partial charge in [-0.15, -0.1) is 0 Å². The number of rotatable bonds is 11. The molecule has 9 rings (SSSR count). The van der Waals surface area contributed by atoms with E-state index in [2.05, 4.69) is 4.98 Å². The number of aromatic nitrogens is 2. The monoisotopic (exact) mass is 628 g/mol. The van der Waals surface area contributed by atoms with Crippen LogP contribution < -0.4 is 0 Å². The smallest absolute Gasteiger partial charge is 0.392 e. The van der Waals surface area contributed by atoms with Crippen molar-refractivity contribution < 1.29 is 27.6 Å². The van der Waals surface area contributed by atoms with Crippen molar-refractivity contribution in [1.29, 1.82) is 0 Å². The highest BCUT2D eigenvalue weighted by molar-refractivity contribution is 7.48. The van der Waals surface area contributed by atoms with Gasteiger partial charge in [-0.25, -0.2) is 13.9 Å². The summed E-state index contributed by atoms with van der Waals surface area (Å²) >= 11 is 0. The fraction of sp³-hybridized carbons (Fsp3) is 0.417. The van der Waals surface area contributed by atoms with E-state index in [1.165, 1.54) is 6.07 Å². The van der Waals surface area contributed by atoms with Gasteiger partial charge in [-0.1, -0.05) is 72.8 Å². The molecule has 45 heavy (non-hydrogen) atoms. The topological polar surface area (TPSA) is 82.8 Å². The summed E-state index contributed by atoms with van der Waals surface area (Å²) in [5.74, 6) is 0.505. The van der Waals surface area contributed by atoms with E-state index in [1.54, 1.807) is 18.6 Å². The number of imidazole rings is 1. The summed E-state index contributed by atoms with van der Waals surface area (Å²) in [7, 11) is -3.93. The summed E-state index contributed by atoms with van der Waals surface area (Å²) in [6, 6.07) is 24.1. The van der Waals surface area contributed by atoms with Gasteiger partial charge in [0.2, 0.25) is 0 Å². The zero-order valence-electron chi connectivity index (χ0n) is 25.1. The van der Waals surface area contributed by atoms with Crippen molar-refractivity contribution in [3.05, 3.63) is 114 Å². The molecule has 4 atom stereocenters. The lowest BCUT2D eigenvalue weighted by Crippen LogP contribution is -2.58. The number of aliphatic hydroxyl groups is 1. The van der Waals surface area contributed by atoms with Crippen molar-refractivity contribution in [2.75, 3.05) is 0 Å². The third-order valence-corrected chi connectivity index (χ3v) is 12.2. The summed E-state index contributed by atoms with van der Waals surface area (Å²) in [6.45, 7) is 0.242. The molecule has 2 heterocycles. The van der Waals surface area contributed by atoms with E-state index < -0.39 is 13.9 Å². The number of hydrogen-bond acceptors (Lipinski definition) is 6. The molecule has 0 saturated heterocycles. The van der Waals surface area contributed by atoms with Crippen LogP contribution in [0, 0.1) is 29.0 Å². The number of fused-ring (bicyclic) bond motifs is 3. The van der Waals surface area contributed by atoms with E-state index in [0.717, 1.165) is 54.5 Å². The van der Waals surface area contributed by atoms with Crippen LogP contribution in [0.2, 0.25) is 0 Å². The first-order valence-corrected chi connectivity index (χ1v) is 17.5. The zero-order chi connectivity index (χ0) is 30.6. The van der Waals surface area contributed by atoms with Crippen LogP contribution in [0.3, 0.4) is 0 Å². The first-order valence-electron chi connectivity index (χ1n) is 16.0. The molecule has 9 heteroatoms. The van der Waals surface area contributed by atoms with Gasteiger partial charge in [0.25, 0.3) is 0 Å². The largest absolute Gasteiger partial charge is 0.475 e. The summed E-state index contributed by atoms with van der Waals surface area (Å²) in [6.07, 6.45) is 7.50. The zero-order valence-corrected chi connectivity index (χ0v) is 26.0. The second kappa shape index (κ2) is 11.6. The average Bonchev–Trinajstić information content (AvgIpc) is 3.65. The van der Waals surface area contributed by atoms with Gasteiger partial charge in [-0.05, 0) is 78.9 Å². The SMILES string of the molecule is O=P(OCc1ccccc1)(OCc1ccccc1)OC1C2CC3CC1CC(C(O)CC1c4c(F)cccc4-c4cncn41)(C3)C2. The molecule has 4 fully saturated rings. The number of halogens is 1. The van der Waals surface area contributed by atoms with Crippen LogP contribution in [0.1, 0.15) is 61.3 Å². The molecule has 1 aliphatic heterocycles. The number of nitrogens with zero attached hydrogens (tertiary/aromatic N) is 2. The maximum Gasteiger partial charge on any atom is 0.475 e. The number of phosphoric acid groups is 1. The lowest BCUT2D eigenvalue weighted by molar-refractivity contribution is -0.172. The Morgan fingerprint density at radius 3 is 2.20 bits per heavy atom. The van der Waals surface area contributed by atoms with Crippen LogP contribution in [0.15, 0.2) is 91.4 Å². The van der Waals surface area contributed by atoms with Crippen molar-refractivity contribution in [2.24, 2.45) is 23.2 Å². The first-order chi connectivity index (χ1) is 21.9. The van der Waals surface area contributed by atoms with Gasteiger partial charge in [0, 0.05) is 11.1 Å². The van der Waals surface area contributed by atoms with E-state index in [1.807, 2.05) is 71.3 Å². The Morgan fingerprint density at radius 2 is 1.56 bits per heavy atom. The number of hydrogen-bond donors (Lipinski definition) is 1. The summed E-state index contributed by atoms with van der Waals surface area (Å²) in [5, 5.41) is 12.0. The van der Waals surface area contributed by atoms with Crippen LogP contribution in [0.25, 0.3) is 11.3 Å². The van der Waals surface area contributed by atoms with Crippen LogP contribution in [-0.4, -0.2) is 26.9 Å². The molecule has 4 unspecified atom stereocenters. The molecule has 1 aromatic heterocycles. The molecule has 4 saturated carbocycles. The standard InChI is InChI=1S/C36H38FN2O5P/c37-30-13-7-12-29-32-20-38-23-39(32)31(34(29)30)16-33(40)36-17-26-14-27(18-36)35(28(15-26)19-36)44-45(41,42-21-24-8-3-1-4-9-24)43-22-25-10-5-2-6-11-25/h1-13,20,23,26-28,31,33,35,40H,14-19,21-22H2. The van der Waals surface area contributed by atoms with E-state index >= 15 is 4.39 Å². The second-order valence-corrected chi connectivity index (χ2v) is 15.1. The molecule has 234 valence electrons. The number of phosphoric ester groups is 1. The van der Waals surface area contributed by atoms with Crippen molar-refractivity contribution in [1.82, 2.24) is 9.55 Å². The fourth-order valence-corrected chi connectivity index (χ4v) is 10.5. The molecular weight excluding hydrogens is 590 g/mol. The minimum atomic E-state index is -3.93. The van der Waals surface area contributed by atoms with E-state index in [4.69, 9.17) is 13.6 Å². The predicted molar refractivity (Wildman–Crippen MR) is 167 cm³/mol. The maximum atomic E-state index is 15.2. The Labute approximate surface area is 263 Å². The van der Waals surface area contributed by atoms with E-state index in [-0.39, 0.29) is 48.4 Å². The molecular formula is C36H38FN2O5P. The Balaban J connectivity index is 1.01. The van der Waals surface area contributed by atoms with Gasteiger partial charge >= 0.3 is 7.82 Å². The highest BCUT2D eigenvalue weighted by Gasteiger charge is 2.60. The maximum absolute atomic E-state index is 15.2. The highest BCUT2D eigenvalue weighted by atomic mass is 31.2. The normalized spacial score (nSPS) is 28.6. The van der Waals surface area contributed by atoms with Crippen LogP contribution >= 0.6 is 7.82 Å². The molecule has 1 N–H and O–H groups in total. The summed E-state index contributed by atoms with van der Waals surface area (Å²) in [5.41, 5.74) is 3.88. The van der Waals surface area contributed by atoms with Crippen molar-refractivity contribution in [3.8, 4) is 11.3 Å². The molecule has 0 spiro atoms. The summed E-state index contributed by atoms with van der Waals surface area (Å²) in [4.78, 5) is 4.33. The van der Waals surface area contributed by atoms with Crippen LogP contribution in [-0.2, 0) is 31.4 Å². The third kappa shape index (κ3) is 5.41. The van der Waals surface area contributed by atoms with Gasteiger partial charge in [0.05, 0.1) is 49.7 Å². The van der Waals surface area contributed by atoms with Gasteiger partial charge in [-0.3, -0.25) is 13.6 Å². The highest BCUT2D eigenvalue weighted by Crippen LogP contribution is 2.66. The molecule has 0 radical (unpaired) electrons. The molecule has 4 aromatic rings. The Hall–Kier alpha value is -3.13. The van der Waals surface area contributed by atoms with Gasteiger partial charge < -0.3 is 9.67 Å². The van der Waals surface area contributed by atoms with E-state index in [9.17, 15) is 9.67 Å². The minimum Gasteiger partial charge on any atom is -0.392 e. The van der Waals surface area contributed by atoms with Crippen molar-refractivity contribution in [2.45, 2.75) is 70.0 Å². The average molecular weight is 629 g/mol. The summed E-state index contributed by atoms with van der Waals surface area (Å²) < 4.78 is 49.9. The van der Waals surface area contributed by atoms with Crippen molar-refractivity contribution in [3.63, 3.8) is 0 Å². The number of aliphatic hydroxyl groups excluding tert-OH is 1. The fourth-order valence-electron chi connectivity index (χ4n) is 9.02. The molecule has 5 aliphatic rings. The second-order valence-electron chi connectivity index (χ2n) is 13.5. The minimum absolute atomic E-state index is 0.121. The quantitative estimate of drug-likeness (QED) is 0.169. The number of benzene rings is 3. The molecule has 4 aliphatic carbocycles. The lowest BCUT2D eigenvalue weighted by Gasteiger charge is -2.61. The van der Waals surface area contributed by atoms with Gasteiger partial charge in [-0.2, -0.15) is 0 Å². The van der Waals surface area contributed by atoms with Crippen LogP contribution in [0.4, 0.5) is 4.39 Å². The molecule has 3 aromatic carbocycles. The van der Waals surface area contributed by atoms with Gasteiger partial charge in [0.15, 0.2) is 0 Å². The Morgan fingerprint density at radius 1 is 0.911 bits per heavy atom. The lowest BCUT2D eigenvalue weighted by atomic mass is 9.47. The molecule has 0 amide bonds. The Bertz CT molecular complexity index is 1650. The van der Waals surface area contributed by atoms with Crippen LogP contribution in [0.5, 0.6) is 0 Å². The Kier molecular flexibility index (Phi) is 7.54. The predicted octanol–water partition coefficient (Wildman–Crippen LogP) is 8.10. The third-order valence-electron chi connectivity index (χ3n) is 10.8.